The van der Waals surface area contributed by atoms with Crippen LogP contribution in [-0.4, -0.2) is 22.2 Å². The van der Waals surface area contributed by atoms with Crippen LogP contribution in [0.1, 0.15) is 35.0 Å². The molecule has 0 unspecified atom stereocenters. The van der Waals surface area contributed by atoms with Crippen molar-refractivity contribution in [2.75, 3.05) is 0 Å². The molecule has 0 heterocycles. The van der Waals surface area contributed by atoms with E-state index in [1.54, 1.807) is 20.8 Å². The van der Waals surface area contributed by atoms with Gasteiger partial charge >= 0.3 is 41.5 Å². The Bertz CT molecular complexity index is 293. The van der Waals surface area contributed by atoms with Gasteiger partial charge in [0.15, 0.2) is 0 Å². The van der Waals surface area contributed by atoms with Crippen molar-refractivity contribution in [2.24, 2.45) is 16.7 Å². The zero-order chi connectivity index (χ0) is 11.1. The van der Waals surface area contributed by atoms with Crippen LogP contribution in [0.5, 0.6) is 0 Å². The molecule has 2 N–H and O–H groups in total. The summed E-state index contributed by atoms with van der Waals surface area (Å²) in [6.45, 7) is 5.10. The minimum absolute atomic E-state index is 0. The monoisotopic (exact) mass is 224 g/mol. The molecule has 0 spiro atoms. The molecule has 1 saturated carbocycles. The van der Waals surface area contributed by atoms with Crippen molar-refractivity contribution in [3.63, 3.8) is 0 Å². The predicted molar refractivity (Wildman–Crippen MR) is 51.0 cm³/mol. The molecule has 0 saturated heterocycles. The molecule has 0 aromatic heterocycles. The summed E-state index contributed by atoms with van der Waals surface area (Å²) in [6, 6.07) is 0. The van der Waals surface area contributed by atoms with Gasteiger partial charge in [-0.3, -0.25) is 9.59 Å². The van der Waals surface area contributed by atoms with Crippen LogP contribution in [0.25, 0.3) is 0 Å². The smallest absolute Gasteiger partial charge is 1.00 e. The molecule has 0 radical (unpaired) electrons. The molecular weight excluding hydrogens is 207 g/mol. The van der Waals surface area contributed by atoms with Gasteiger partial charge in [0.05, 0.1) is 11.3 Å². The minimum Gasteiger partial charge on any atom is -1.00 e. The van der Waals surface area contributed by atoms with Crippen molar-refractivity contribution in [3.05, 3.63) is 0 Å². The number of rotatable bonds is 2. The molecule has 5 heteroatoms. The SMILES string of the molecule is CC1(C)[C@H](C(=O)O)CC[C@]1(C)C(=O)O.[H-].[Na+]. The summed E-state index contributed by atoms with van der Waals surface area (Å²) in [5, 5.41) is 18.1. The Morgan fingerprint density at radius 3 is 1.93 bits per heavy atom. The summed E-state index contributed by atoms with van der Waals surface area (Å²) in [4.78, 5) is 22.0. The van der Waals surface area contributed by atoms with Gasteiger partial charge < -0.3 is 11.6 Å². The molecule has 2 atom stereocenters. The van der Waals surface area contributed by atoms with Crippen LogP contribution in [0.4, 0.5) is 0 Å². The van der Waals surface area contributed by atoms with E-state index in [-0.39, 0.29) is 31.0 Å². The fourth-order valence-corrected chi connectivity index (χ4v) is 2.32. The quantitative estimate of drug-likeness (QED) is 0.573. The molecule has 82 valence electrons. The molecule has 1 rings (SSSR count). The van der Waals surface area contributed by atoms with E-state index in [1.807, 2.05) is 0 Å². The molecule has 0 aromatic carbocycles. The minimum atomic E-state index is -0.921. The molecule has 4 nitrogen and oxygen atoms in total. The van der Waals surface area contributed by atoms with Crippen LogP contribution >= 0.6 is 0 Å². The average molecular weight is 224 g/mol. The van der Waals surface area contributed by atoms with E-state index < -0.39 is 28.7 Å². The van der Waals surface area contributed by atoms with Crippen molar-refractivity contribution >= 4 is 11.9 Å². The Balaban J connectivity index is 0. The maximum atomic E-state index is 11.1. The molecule has 1 fully saturated rings. The fourth-order valence-electron chi connectivity index (χ4n) is 2.32. The maximum Gasteiger partial charge on any atom is 1.00 e. The Kier molecular flexibility index (Phi) is 4.42. The van der Waals surface area contributed by atoms with E-state index in [0.717, 1.165) is 0 Å². The van der Waals surface area contributed by atoms with Crippen molar-refractivity contribution in [1.82, 2.24) is 0 Å². The zero-order valence-electron chi connectivity index (χ0n) is 10.7. The van der Waals surface area contributed by atoms with E-state index >= 15 is 0 Å². The van der Waals surface area contributed by atoms with Gasteiger partial charge in [-0.15, -0.1) is 0 Å². The van der Waals surface area contributed by atoms with Gasteiger partial charge in [-0.25, -0.2) is 0 Å². The van der Waals surface area contributed by atoms with Crippen molar-refractivity contribution in [1.29, 1.82) is 0 Å². The van der Waals surface area contributed by atoms with Crippen LogP contribution in [0.2, 0.25) is 0 Å². The molecule has 0 aromatic rings. The van der Waals surface area contributed by atoms with Crippen molar-refractivity contribution in [2.45, 2.75) is 33.6 Å². The third-order valence-corrected chi connectivity index (χ3v) is 4.00. The third kappa shape index (κ3) is 2.08. The largest absolute Gasteiger partial charge is 1.00 e. The first kappa shape index (κ1) is 14.9. The second-order valence-corrected chi connectivity index (χ2v) is 4.79. The molecule has 0 amide bonds. The van der Waals surface area contributed by atoms with E-state index in [1.165, 1.54) is 0 Å². The summed E-state index contributed by atoms with van der Waals surface area (Å²) in [5.74, 6) is -2.34. The van der Waals surface area contributed by atoms with Gasteiger partial charge in [-0.1, -0.05) is 13.8 Å². The first-order chi connectivity index (χ1) is 6.23. The van der Waals surface area contributed by atoms with Crippen molar-refractivity contribution < 1.29 is 50.8 Å². The third-order valence-electron chi connectivity index (χ3n) is 4.00. The van der Waals surface area contributed by atoms with Crippen molar-refractivity contribution in [3.8, 4) is 0 Å². The number of aliphatic carboxylic acids is 2. The second-order valence-electron chi connectivity index (χ2n) is 4.79. The zero-order valence-corrected chi connectivity index (χ0v) is 11.7. The molecule has 0 bridgehead atoms. The first-order valence-corrected chi connectivity index (χ1v) is 4.69. The maximum absolute atomic E-state index is 11.1. The van der Waals surface area contributed by atoms with Gasteiger partial charge in [0, 0.05) is 0 Å². The Morgan fingerprint density at radius 2 is 1.73 bits per heavy atom. The van der Waals surface area contributed by atoms with Gasteiger partial charge in [-0.2, -0.15) is 0 Å². The standard InChI is InChI=1S/C10H16O4.Na.H/c1-9(2)6(7(11)12)4-5-10(9,3)8(13)14;;/h6H,4-5H2,1-3H3,(H,11,12)(H,13,14);;/q;+1;-1/t6-,10+;;/m0../s1. The van der Waals surface area contributed by atoms with Crippen LogP contribution in [0, 0.1) is 16.7 Å². The van der Waals surface area contributed by atoms with Crippen LogP contribution < -0.4 is 29.6 Å². The van der Waals surface area contributed by atoms with Gasteiger partial charge in [-0.05, 0) is 25.2 Å². The van der Waals surface area contributed by atoms with Gasteiger partial charge in [0.2, 0.25) is 0 Å². The molecule has 1 aliphatic rings. The Morgan fingerprint density at radius 1 is 1.27 bits per heavy atom. The topological polar surface area (TPSA) is 74.6 Å². The number of hydrogen-bond acceptors (Lipinski definition) is 2. The summed E-state index contributed by atoms with van der Waals surface area (Å²) >= 11 is 0. The first-order valence-electron chi connectivity index (χ1n) is 4.69. The van der Waals surface area contributed by atoms with Crippen LogP contribution in [0.15, 0.2) is 0 Å². The van der Waals surface area contributed by atoms with E-state index in [0.29, 0.717) is 12.8 Å². The molecule has 15 heavy (non-hydrogen) atoms. The van der Waals surface area contributed by atoms with Gasteiger partial charge in [0.25, 0.3) is 0 Å². The molecular formula is C10H17NaO4. The Labute approximate surface area is 113 Å². The number of hydrogen-bond donors (Lipinski definition) is 2. The van der Waals surface area contributed by atoms with E-state index in [9.17, 15) is 9.59 Å². The van der Waals surface area contributed by atoms with Crippen LogP contribution in [-0.2, 0) is 9.59 Å². The summed E-state index contributed by atoms with van der Waals surface area (Å²) < 4.78 is 0. The van der Waals surface area contributed by atoms with Gasteiger partial charge in [0.1, 0.15) is 0 Å². The Hall–Kier alpha value is -0.0600. The van der Waals surface area contributed by atoms with Crippen LogP contribution in [0.3, 0.4) is 0 Å². The van der Waals surface area contributed by atoms with E-state index in [4.69, 9.17) is 10.2 Å². The fraction of sp³-hybridized carbons (Fsp3) is 0.800. The summed E-state index contributed by atoms with van der Waals surface area (Å²) in [5.41, 5.74) is -1.61. The second kappa shape index (κ2) is 4.44. The predicted octanol–water partition coefficient (Wildman–Crippen LogP) is -1.29. The number of carboxylic acid groups (broad SMARTS) is 2. The molecule has 0 aliphatic heterocycles. The number of carbonyl (C=O) groups is 2. The summed E-state index contributed by atoms with van der Waals surface area (Å²) in [6.07, 6.45) is 0.886. The molecule has 1 aliphatic carbocycles. The summed E-state index contributed by atoms with van der Waals surface area (Å²) in [7, 11) is 0. The number of carboxylic acids is 2. The average Bonchev–Trinajstić information content (AvgIpc) is 2.24. The van der Waals surface area contributed by atoms with E-state index in [2.05, 4.69) is 0 Å². The normalized spacial score (nSPS) is 33.1.